The smallest absolute Gasteiger partial charge is 0.410 e. The zero-order valence-electron chi connectivity index (χ0n) is 16.9. The van der Waals surface area contributed by atoms with Crippen LogP contribution in [0.25, 0.3) is 22.6 Å². The normalized spacial score (nSPS) is 17.7. The predicted octanol–water partition coefficient (Wildman–Crippen LogP) is 1.26. The molecule has 29 heavy (non-hydrogen) atoms. The Morgan fingerprint density at radius 1 is 1.34 bits per heavy atom. The highest BCUT2D eigenvalue weighted by atomic mass is 16.6. The molecule has 1 saturated heterocycles. The molecule has 11 nitrogen and oxygen atoms in total. The summed E-state index contributed by atoms with van der Waals surface area (Å²) < 4.78 is 14.7. The molecule has 1 atom stereocenters. The Balaban J connectivity index is 1.51. The van der Waals surface area contributed by atoms with Crippen molar-refractivity contribution in [3.05, 3.63) is 18.6 Å². The third-order valence-electron chi connectivity index (χ3n) is 4.40. The number of hydrogen-bond donors (Lipinski definition) is 0. The molecular formula is C18H24N8O3. The summed E-state index contributed by atoms with van der Waals surface area (Å²) in [6.07, 6.45) is 4.66. The number of morpholine rings is 1. The summed E-state index contributed by atoms with van der Waals surface area (Å²) >= 11 is 0. The third-order valence-corrected chi connectivity index (χ3v) is 4.40. The van der Waals surface area contributed by atoms with Gasteiger partial charge in [-0.3, -0.25) is 4.68 Å². The molecule has 1 unspecified atom stereocenters. The molecule has 154 valence electrons. The fourth-order valence-electron chi connectivity index (χ4n) is 3.09. The van der Waals surface area contributed by atoms with Crippen LogP contribution in [0.1, 0.15) is 20.8 Å². The van der Waals surface area contributed by atoms with Crippen molar-refractivity contribution in [2.24, 2.45) is 7.05 Å². The summed E-state index contributed by atoms with van der Waals surface area (Å²) in [4.78, 5) is 23.0. The molecule has 4 heterocycles. The van der Waals surface area contributed by atoms with Crippen LogP contribution in [0.2, 0.25) is 0 Å². The van der Waals surface area contributed by atoms with E-state index < -0.39 is 5.60 Å². The summed E-state index contributed by atoms with van der Waals surface area (Å²) in [7, 11) is 1.85. The van der Waals surface area contributed by atoms with E-state index in [1.54, 1.807) is 26.7 Å². The zero-order chi connectivity index (χ0) is 20.6. The molecule has 0 aromatic carbocycles. The molecule has 1 amide bonds. The maximum absolute atomic E-state index is 12.4. The largest absolute Gasteiger partial charge is 0.444 e. The number of nitrogens with zero attached hydrogens (tertiary/aromatic N) is 8. The van der Waals surface area contributed by atoms with Crippen LogP contribution in [-0.2, 0) is 23.1 Å². The van der Waals surface area contributed by atoms with Crippen LogP contribution in [0.15, 0.2) is 18.6 Å². The van der Waals surface area contributed by atoms with Crippen LogP contribution in [0, 0.1) is 0 Å². The topological polar surface area (TPSA) is 113 Å². The highest BCUT2D eigenvalue weighted by molar-refractivity contribution is 5.69. The second kappa shape index (κ2) is 7.39. The molecule has 0 aliphatic carbocycles. The van der Waals surface area contributed by atoms with E-state index in [0.717, 1.165) is 5.56 Å². The van der Waals surface area contributed by atoms with Gasteiger partial charge in [-0.25, -0.2) is 19.4 Å². The van der Waals surface area contributed by atoms with Crippen molar-refractivity contribution in [1.82, 2.24) is 39.6 Å². The highest BCUT2D eigenvalue weighted by Gasteiger charge is 2.29. The molecule has 11 heteroatoms. The summed E-state index contributed by atoms with van der Waals surface area (Å²) in [6.45, 7) is 7.29. The van der Waals surface area contributed by atoms with Gasteiger partial charge in [0.25, 0.3) is 0 Å². The van der Waals surface area contributed by atoms with E-state index in [-0.39, 0.29) is 12.2 Å². The minimum absolute atomic E-state index is 0.245. The number of aromatic nitrogens is 7. The number of carbonyl (C=O) groups is 1. The second-order valence-corrected chi connectivity index (χ2v) is 8.00. The van der Waals surface area contributed by atoms with Crippen LogP contribution in [0.3, 0.4) is 0 Å². The highest BCUT2D eigenvalue weighted by Crippen LogP contribution is 2.18. The van der Waals surface area contributed by atoms with Gasteiger partial charge in [-0.2, -0.15) is 5.10 Å². The van der Waals surface area contributed by atoms with Crippen LogP contribution in [-0.4, -0.2) is 77.1 Å². The molecule has 0 saturated carbocycles. The van der Waals surface area contributed by atoms with Crippen LogP contribution in [0.5, 0.6) is 0 Å². The van der Waals surface area contributed by atoms with Gasteiger partial charge < -0.3 is 14.4 Å². The number of rotatable bonds is 3. The second-order valence-electron chi connectivity index (χ2n) is 8.00. The fraction of sp³-hybridized carbons (Fsp3) is 0.556. The molecule has 3 aromatic rings. The van der Waals surface area contributed by atoms with Crippen molar-refractivity contribution >= 4 is 17.4 Å². The number of amides is 1. The molecule has 0 spiro atoms. The summed E-state index contributed by atoms with van der Waals surface area (Å²) in [5, 5.41) is 12.4. The first-order chi connectivity index (χ1) is 13.8. The van der Waals surface area contributed by atoms with Crippen LogP contribution < -0.4 is 0 Å². The first kappa shape index (κ1) is 19.2. The SMILES string of the molecule is Cn1cc(-c2cnc3nnn(CC4CN(C(=O)OC(C)(C)C)CCO4)c3n2)cn1. The molecule has 3 aromatic heterocycles. The van der Waals surface area contributed by atoms with E-state index in [1.807, 2.05) is 34.0 Å². The van der Waals surface area contributed by atoms with Gasteiger partial charge >= 0.3 is 6.09 Å². The average molecular weight is 400 g/mol. The van der Waals surface area contributed by atoms with Crippen LogP contribution >= 0.6 is 0 Å². The molecule has 1 fully saturated rings. The van der Waals surface area contributed by atoms with Crippen molar-refractivity contribution in [3.63, 3.8) is 0 Å². The summed E-state index contributed by atoms with van der Waals surface area (Å²) in [5.41, 5.74) is 2.03. The van der Waals surface area contributed by atoms with Gasteiger partial charge in [0, 0.05) is 25.4 Å². The Bertz CT molecular complexity index is 1020. The maximum atomic E-state index is 12.4. The number of hydrogen-bond acceptors (Lipinski definition) is 8. The molecule has 1 aliphatic heterocycles. The fourth-order valence-corrected chi connectivity index (χ4v) is 3.09. The van der Waals surface area contributed by atoms with E-state index in [1.165, 1.54) is 0 Å². The quantitative estimate of drug-likeness (QED) is 0.646. The maximum Gasteiger partial charge on any atom is 0.410 e. The van der Waals surface area contributed by atoms with E-state index in [9.17, 15) is 4.79 Å². The van der Waals surface area contributed by atoms with Crippen LogP contribution in [0.4, 0.5) is 4.79 Å². The van der Waals surface area contributed by atoms with E-state index >= 15 is 0 Å². The number of fused-ring (bicyclic) bond motifs is 1. The predicted molar refractivity (Wildman–Crippen MR) is 103 cm³/mol. The van der Waals surface area contributed by atoms with Crippen molar-refractivity contribution in [1.29, 1.82) is 0 Å². The number of aryl methyl sites for hydroxylation is 1. The minimum Gasteiger partial charge on any atom is -0.444 e. The summed E-state index contributed by atoms with van der Waals surface area (Å²) in [5.74, 6) is 0. The summed E-state index contributed by atoms with van der Waals surface area (Å²) in [6, 6.07) is 0. The molecule has 0 radical (unpaired) electrons. The zero-order valence-corrected chi connectivity index (χ0v) is 16.9. The van der Waals surface area contributed by atoms with Gasteiger partial charge in [-0.05, 0) is 20.8 Å². The van der Waals surface area contributed by atoms with Gasteiger partial charge in [-0.1, -0.05) is 5.21 Å². The molecular weight excluding hydrogens is 376 g/mol. The Labute approximate surface area is 167 Å². The lowest BCUT2D eigenvalue weighted by Crippen LogP contribution is -2.48. The molecule has 0 bridgehead atoms. The first-order valence-electron chi connectivity index (χ1n) is 9.43. The average Bonchev–Trinajstić information content (AvgIpc) is 3.27. The van der Waals surface area contributed by atoms with Gasteiger partial charge in [-0.15, -0.1) is 5.10 Å². The van der Waals surface area contributed by atoms with Gasteiger partial charge in [0.2, 0.25) is 5.65 Å². The lowest BCUT2D eigenvalue weighted by molar-refractivity contribution is -0.0481. The van der Waals surface area contributed by atoms with Gasteiger partial charge in [0.1, 0.15) is 5.60 Å². The monoisotopic (exact) mass is 400 g/mol. The Morgan fingerprint density at radius 2 is 2.17 bits per heavy atom. The lowest BCUT2D eigenvalue weighted by Gasteiger charge is -2.34. The van der Waals surface area contributed by atoms with Gasteiger partial charge in [0.15, 0.2) is 5.65 Å². The van der Waals surface area contributed by atoms with E-state index in [4.69, 9.17) is 9.47 Å². The first-order valence-corrected chi connectivity index (χ1v) is 9.43. The Morgan fingerprint density at radius 3 is 2.90 bits per heavy atom. The lowest BCUT2D eigenvalue weighted by atomic mass is 10.2. The molecule has 1 aliphatic rings. The van der Waals surface area contributed by atoms with Crippen molar-refractivity contribution in [3.8, 4) is 11.3 Å². The van der Waals surface area contributed by atoms with Crippen molar-refractivity contribution in [2.75, 3.05) is 19.7 Å². The third kappa shape index (κ3) is 4.34. The number of carbonyl (C=O) groups excluding carboxylic acids is 1. The Hall–Kier alpha value is -3.08. The minimum atomic E-state index is -0.536. The standard InChI is InChI=1S/C18H24N8O3/c1-18(2,3)29-17(27)25-5-6-28-13(10-25)11-26-16-15(22-23-26)19-8-14(21-16)12-7-20-24(4)9-12/h7-9,13H,5-6,10-11H2,1-4H3. The Kier molecular flexibility index (Phi) is 4.91. The van der Waals surface area contributed by atoms with Crippen molar-refractivity contribution in [2.45, 2.75) is 39.0 Å². The van der Waals surface area contributed by atoms with Gasteiger partial charge in [0.05, 0.1) is 43.9 Å². The molecule has 0 N–H and O–H groups in total. The number of ether oxygens (including phenoxy) is 2. The van der Waals surface area contributed by atoms with E-state index in [0.29, 0.717) is 43.2 Å². The van der Waals surface area contributed by atoms with E-state index in [2.05, 4.69) is 25.4 Å². The van der Waals surface area contributed by atoms with Crippen molar-refractivity contribution < 1.29 is 14.3 Å². The molecule has 4 rings (SSSR count).